The van der Waals surface area contributed by atoms with E-state index in [0.29, 0.717) is 103 Å². The summed E-state index contributed by atoms with van der Waals surface area (Å²) < 4.78 is 116. The fourth-order valence-electron chi connectivity index (χ4n) is 11.3. The van der Waals surface area contributed by atoms with E-state index in [9.17, 15) is 49.9 Å². The van der Waals surface area contributed by atoms with E-state index in [0.717, 1.165) is 69.1 Å². The molecule has 4 amide bonds. The van der Waals surface area contributed by atoms with E-state index in [4.69, 9.17) is 9.47 Å². The second-order valence-corrected chi connectivity index (χ2v) is 25.5. The summed E-state index contributed by atoms with van der Waals surface area (Å²) in [6.45, 7) is 14.5. The molecule has 28 nitrogen and oxygen atoms in total. The van der Waals surface area contributed by atoms with E-state index in [1.807, 2.05) is 69.7 Å². The second-order valence-electron chi connectivity index (χ2n) is 25.5. The Bertz CT molecular complexity index is 5260. The molecule has 0 fully saturated rings. The number of methoxy groups -OCH3 is 2. The van der Waals surface area contributed by atoms with Crippen LogP contribution in [0.5, 0.6) is 23.3 Å². The number of alkyl halides is 7. The third kappa shape index (κ3) is 20.7. The SMILES string of the molecule is CCCNC(=O)c1cn(Cc2ncnc(OC(F)F)c2C)c2cc(OC)cnc12.COc1cnc2c(C(=O)NCC(C)F)cn(Cc3ncnc(OC(F)F)c3C)c2c1.Cc1cnc2c(C(=O)NCC(C)F)cn(Cc3ncc(C)nc3C)c2c1.Cc1cnc2c(C(=O)NCCF)cn(Cc3ncc(C)nc3C)c2c1. The highest BCUT2D eigenvalue weighted by molar-refractivity contribution is 6.08. The Morgan fingerprint density at radius 1 is 0.427 bits per heavy atom. The Morgan fingerprint density at radius 3 is 1.09 bits per heavy atom. The molecular formula is C75H83F7N20O8. The minimum absolute atomic E-state index is 0.0140. The van der Waals surface area contributed by atoms with Gasteiger partial charge in [-0.1, -0.05) is 6.92 Å². The zero-order chi connectivity index (χ0) is 79.6. The number of fused-ring (bicyclic) bond motifs is 4. The monoisotopic (exact) mass is 1520 g/mol. The molecule has 4 N–H and O–H groups in total. The van der Waals surface area contributed by atoms with Crippen LogP contribution in [-0.2, 0) is 26.2 Å². The zero-order valence-electron chi connectivity index (χ0n) is 62.7. The molecule has 0 aliphatic rings. The van der Waals surface area contributed by atoms with Gasteiger partial charge in [-0.05, 0) is 98.9 Å². The Hall–Kier alpha value is -12.3. The molecule has 0 saturated carbocycles. The van der Waals surface area contributed by atoms with Gasteiger partial charge in [0.1, 0.15) is 65.2 Å². The number of nitrogens with one attached hydrogen (secondary N) is 4. The van der Waals surface area contributed by atoms with Crippen molar-refractivity contribution in [1.82, 2.24) is 99.3 Å². The van der Waals surface area contributed by atoms with E-state index in [2.05, 4.69) is 90.5 Å². The van der Waals surface area contributed by atoms with Gasteiger partial charge in [0.2, 0.25) is 11.8 Å². The van der Waals surface area contributed by atoms with Crippen molar-refractivity contribution in [2.45, 2.75) is 134 Å². The van der Waals surface area contributed by atoms with Crippen LogP contribution in [0.4, 0.5) is 30.7 Å². The summed E-state index contributed by atoms with van der Waals surface area (Å²) in [5, 5.41) is 10.5. The van der Waals surface area contributed by atoms with Crippen molar-refractivity contribution < 1.29 is 68.9 Å². The second kappa shape index (κ2) is 37.5. The topological polar surface area (TPSA) is 328 Å². The molecule has 2 unspecified atom stereocenters. The summed E-state index contributed by atoms with van der Waals surface area (Å²) in [4.78, 5) is 101. The van der Waals surface area contributed by atoms with Gasteiger partial charge >= 0.3 is 13.2 Å². The number of amides is 4. The molecule has 12 rings (SSSR count). The molecule has 35 heteroatoms. The van der Waals surface area contributed by atoms with Gasteiger partial charge in [-0.25, -0.2) is 43.1 Å². The Morgan fingerprint density at radius 2 is 0.764 bits per heavy atom. The molecule has 110 heavy (non-hydrogen) atoms. The molecule has 0 radical (unpaired) electrons. The van der Waals surface area contributed by atoms with Crippen molar-refractivity contribution in [2.24, 2.45) is 0 Å². The van der Waals surface area contributed by atoms with Gasteiger partial charge in [-0.15, -0.1) is 0 Å². The maximum absolute atomic E-state index is 13.1. The summed E-state index contributed by atoms with van der Waals surface area (Å²) in [5.41, 5.74) is 15.2. The molecule has 12 heterocycles. The van der Waals surface area contributed by atoms with E-state index < -0.39 is 38.1 Å². The Labute approximate surface area is 627 Å². The summed E-state index contributed by atoms with van der Waals surface area (Å²) in [6, 6.07) is 7.40. The largest absolute Gasteiger partial charge is 0.495 e. The highest BCUT2D eigenvalue weighted by Gasteiger charge is 2.25. The third-order valence-electron chi connectivity index (χ3n) is 16.8. The number of aromatic nitrogens is 16. The molecule has 0 aliphatic heterocycles. The summed E-state index contributed by atoms with van der Waals surface area (Å²) in [5.74, 6) is -0.803. The van der Waals surface area contributed by atoms with Crippen LogP contribution in [0.1, 0.15) is 136 Å². The average molecular weight is 1530 g/mol. The maximum atomic E-state index is 13.1. The summed E-state index contributed by atoms with van der Waals surface area (Å²) in [7, 11) is 3.00. The van der Waals surface area contributed by atoms with E-state index in [-0.39, 0.29) is 67.8 Å². The van der Waals surface area contributed by atoms with Crippen LogP contribution in [0.2, 0.25) is 0 Å². The molecule has 0 bridgehead atoms. The Balaban J connectivity index is 0.000000169. The number of ether oxygens (including phenoxy) is 4. The van der Waals surface area contributed by atoms with Crippen LogP contribution >= 0.6 is 0 Å². The number of aryl methyl sites for hydroxylation is 6. The molecule has 12 aromatic heterocycles. The first-order chi connectivity index (χ1) is 52.6. The maximum Gasteiger partial charge on any atom is 0.388 e. The van der Waals surface area contributed by atoms with Crippen LogP contribution in [0.15, 0.2) is 98.9 Å². The standard InChI is InChI=1S/C19H20F3N5O3.C19H21F2N5O3.C19H22FN5O.C18H20FN5O/c1-10(20)5-24-17(28)13-7-27(15-4-12(29-3)6-23-16(13)15)8-14-11(2)18(26-9-25-14)30-19(21)22;1-4-5-22-17(27)13-8-26(15-6-12(28-3)7-23-16(13)15)9-14-11(2)18(25-10-24-14)29-19(20)21;1-11-5-17-18(22-6-11)15(19(26)23-7-12(2)20)9-25(17)10-16-14(4)24-13(3)8-21-16;1-11-6-16-17(22-7-11)14(18(25)20-5-4-19)9-24(16)10-15-13(3)23-12(2)8-21-15/h4,6-7,9-10,19H,5,8H2,1-3H3,(H,24,28);6-8,10,19H,4-5,9H2,1-3H3,(H,22,27);5-6,8-9,12H,7,10H2,1-4H3,(H,23,26);6-9H,4-5,10H2,1-3H3,(H,20,25). The number of carbonyl (C=O) groups is 4. The van der Waals surface area contributed by atoms with Gasteiger partial charge < -0.3 is 58.5 Å². The van der Waals surface area contributed by atoms with E-state index in [1.54, 1.807) is 84.7 Å². The number of halogens is 7. The number of carbonyl (C=O) groups excluding carboxylic acids is 4. The van der Waals surface area contributed by atoms with Crippen LogP contribution in [-0.4, -0.2) is 174 Å². The van der Waals surface area contributed by atoms with Crippen LogP contribution in [0, 0.1) is 55.4 Å². The highest BCUT2D eigenvalue weighted by atomic mass is 19.3. The van der Waals surface area contributed by atoms with Crippen molar-refractivity contribution in [2.75, 3.05) is 47.1 Å². The fraction of sp³-hybridized carbons (Fsp3) is 0.360. The normalized spacial score (nSPS) is 11.7. The zero-order valence-corrected chi connectivity index (χ0v) is 62.7. The first-order valence-electron chi connectivity index (χ1n) is 34.6. The predicted octanol–water partition coefficient (Wildman–Crippen LogP) is 11.2. The number of hydrogen-bond donors (Lipinski definition) is 4. The van der Waals surface area contributed by atoms with Crippen molar-refractivity contribution in [1.29, 1.82) is 0 Å². The first kappa shape index (κ1) is 81.7. The summed E-state index contributed by atoms with van der Waals surface area (Å²) in [6.07, 6.45) is 17.4. The van der Waals surface area contributed by atoms with Crippen molar-refractivity contribution in [3.8, 4) is 23.3 Å². The molecule has 12 aromatic rings. The average Bonchev–Trinajstić information content (AvgIpc) is 1.65. The number of rotatable bonds is 26. The molecule has 0 aromatic carbocycles. The summed E-state index contributed by atoms with van der Waals surface area (Å²) >= 11 is 0. The minimum atomic E-state index is -3.01. The van der Waals surface area contributed by atoms with Crippen molar-refractivity contribution in [3.05, 3.63) is 189 Å². The molecule has 580 valence electrons. The number of nitrogens with zero attached hydrogens (tertiary/aromatic N) is 16. The lowest BCUT2D eigenvalue weighted by Gasteiger charge is -2.11. The van der Waals surface area contributed by atoms with Gasteiger partial charge in [-0.2, -0.15) is 17.6 Å². The lowest BCUT2D eigenvalue weighted by molar-refractivity contribution is -0.0541. The van der Waals surface area contributed by atoms with E-state index in [1.165, 1.54) is 46.8 Å². The van der Waals surface area contributed by atoms with Crippen LogP contribution in [0.3, 0.4) is 0 Å². The lowest BCUT2D eigenvalue weighted by atomic mass is 10.2. The third-order valence-corrected chi connectivity index (χ3v) is 16.8. The molecule has 2 atom stereocenters. The smallest absolute Gasteiger partial charge is 0.388 e. The van der Waals surface area contributed by atoms with Gasteiger partial charge in [-0.3, -0.25) is 49.1 Å². The van der Waals surface area contributed by atoms with Gasteiger partial charge in [0.25, 0.3) is 23.6 Å². The van der Waals surface area contributed by atoms with Crippen LogP contribution in [0.25, 0.3) is 44.1 Å². The molecular weight excluding hydrogens is 1440 g/mol. The Kier molecular flexibility index (Phi) is 27.8. The quantitative estimate of drug-likeness (QED) is 0.0366. The van der Waals surface area contributed by atoms with Crippen molar-refractivity contribution >= 4 is 67.8 Å². The lowest BCUT2D eigenvalue weighted by Crippen LogP contribution is -2.28. The minimum Gasteiger partial charge on any atom is -0.495 e. The van der Waals surface area contributed by atoms with Gasteiger partial charge in [0.15, 0.2) is 0 Å². The fourth-order valence-corrected chi connectivity index (χ4v) is 11.3. The molecule has 0 aliphatic carbocycles. The van der Waals surface area contributed by atoms with E-state index >= 15 is 0 Å². The highest BCUT2D eigenvalue weighted by Crippen LogP contribution is 2.30. The molecule has 0 spiro atoms. The predicted molar refractivity (Wildman–Crippen MR) is 394 cm³/mol. The first-order valence-corrected chi connectivity index (χ1v) is 34.6. The number of hydrogen-bond acceptors (Lipinski definition) is 20. The van der Waals surface area contributed by atoms with Gasteiger partial charge in [0, 0.05) is 99.0 Å². The van der Waals surface area contributed by atoms with Gasteiger partial charge in [0.05, 0.1) is 143 Å². The van der Waals surface area contributed by atoms with Crippen molar-refractivity contribution in [3.63, 3.8) is 0 Å². The van der Waals surface area contributed by atoms with Crippen LogP contribution < -0.4 is 40.2 Å². The number of pyridine rings is 4. The molecule has 0 saturated heterocycles.